The van der Waals surface area contributed by atoms with Crippen molar-refractivity contribution < 1.29 is 13.5 Å². The average molecular weight is 266 g/mol. The first kappa shape index (κ1) is 16.8. The molecule has 17 heavy (non-hydrogen) atoms. The molecule has 0 amide bonds. The second kappa shape index (κ2) is 8.85. The van der Waals surface area contributed by atoms with Crippen LogP contribution in [0.3, 0.4) is 0 Å². The minimum Gasteiger partial charge on any atom is -0.396 e. The quantitative estimate of drug-likeness (QED) is 0.549. The predicted molar refractivity (Wildman–Crippen MR) is 69.9 cm³/mol. The first-order valence-electron chi connectivity index (χ1n) is 6.26. The molecule has 1 atom stereocenters. The highest BCUT2D eigenvalue weighted by atomic mass is 32.2. The third-order valence-corrected chi connectivity index (χ3v) is 3.57. The largest absolute Gasteiger partial charge is 0.396 e. The molecule has 0 rings (SSSR count). The van der Waals surface area contributed by atoms with Crippen LogP contribution in [0.2, 0.25) is 0 Å². The first-order valence-corrected chi connectivity index (χ1v) is 7.74. The zero-order chi connectivity index (χ0) is 13.3. The lowest BCUT2D eigenvalue weighted by atomic mass is 10.0. The molecule has 0 aromatic heterocycles. The van der Waals surface area contributed by atoms with Crippen molar-refractivity contribution in [3.8, 4) is 0 Å². The Bertz CT molecular complexity index is 272. The third-order valence-electron chi connectivity index (χ3n) is 2.48. The van der Waals surface area contributed by atoms with Gasteiger partial charge >= 0.3 is 0 Å². The summed E-state index contributed by atoms with van der Waals surface area (Å²) in [5, 5.41) is 8.88. The fourth-order valence-electron chi connectivity index (χ4n) is 1.49. The summed E-state index contributed by atoms with van der Waals surface area (Å²) in [7, 11) is -3.39. The van der Waals surface area contributed by atoms with Gasteiger partial charge in [0.2, 0.25) is 0 Å². The van der Waals surface area contributed by atoms with Crippen molar-refractivity contribution in [3.05, 3.63) is 0 Å². The highest BCUT2D eigenvalue weighted by Gasteiger charge is 2.13. The lowest BCUT2D eigenvalue weighted by Gasteiger charge is -2.16. The van der Waals surface area contributed by atoms with Gasteiger partial charge in [-0.25, -0.2) is 9.44 Å². The molecule has 0 aliphatic carbocycles. The summed E-state index contributed by atoms with van der Waals surface area (Å²) in [4.78, 5) is 0. The second-order valence-electron chi connectivity index (χ2n) is 4.76. The molecular weight excluding hydrogens is 240 g/mol. The third kappa shape index (κ3) is 9.52. The van der Waals surface area contributed by atoms with Crippen LogP contribution in [0.5, 0.6) is 0 Å². The Labute approximate surface area is 105 Å². The molecule has 0 heterocycles. The van der Waals surface area contributed by atoms with Crippen molar-refractivity contribution in [1.82, 2.24) is 9.44 Å². The van der Waals surface area contributed by atoms with Crippen molar-refractivity contribution >= 4 is 10.2 Å². The summed E-state index contributed by atoms with van der Waals surface area (Å²) < 4.78 is 28.2. The molecule has 3 N–H and O–H groups in total. The number of nitrogens with one attached hydrogen (secondary N) is 2. The maximum atomic E-state index is 11.6. The van der Waals surface area contributed by atoms with E-state index in [0.717, 1.165) is 12.8 Å². The summed E-state index contributed by atoms with van der Waals surface area (Å²) in [5.41, 5.74) is 0. The molecule has 0 aliphatic rings. The van der Waals surface area contributed by atoms with Crippen LogP contribution < -0.4 is 9.44 Å². The molecule has 104 valence electrons. The Balaban J connectivity index is 4.04. The van der Waals surface area contributed by atoms with Crippen molar-refractivity contribution in [2.24, 2.45) is 11.8 Å². The van der Waals surface area contributed by atoms with Gasteiger partial charge in [-0.15, -0.1) is 0 Å². The van der Waals surface area contributed by atoms with Crippen LogP contribution in [-0.4, -0.2) is 33.2 Å². The molecule has 0 aromatic rings. The molecule has 0 saturated carbocycles. The molecule has 0 bridgehead atoms. The lowest BCUT2D eigenvalue weighted by Crippen LogP contribution is -2.40. The highest BCUT2D eigenvalue weighted by molar-refractivity contribution is 7.87. The number of aliphatic hydroxyl groups excluding tert-OH is 1. The van der Waals surface area contributed by atoms with E-state index in [0.29, 0.717) is 19.5 Å². The van der Waals surface area contributed by atoms with Crippen molar-refractivity contribution in [2.75, 3.05) is 19.7 Å². The maximum Gasteiger partial charge on any atom is 0.276 e. The first-order chi connectivity index (χ1) is 7.91. The Morgan fingerprint density at radius 3 is 2.18 bits per heavy atom. The van der Waals surface area contributed by atoms with Crippen LogP contribution in [0.25, 0.3) is 0 Å². The van der Waals surface area contributed by atoms with E-state index in [1.54, 1.807) is 0 Å². The Morgan fingerprint density at radius 1 is 1.12 bits per heavy atom. The van der Waals surface area contributed by atoms with E-state index in [9.17, 15) is 8.42 Å². The van der Waals surface area contributed by atoms with Crippen molar-refractivity contribution in [3.63, 3.8) is 0 Å². The number of hydrogen-bond donors (Lipinski definition) is 3. The predicted octanol–water partition coefficient (Wildman–Crippen LogP) is 0.865. The molecule has 0 aliphatic heterocycles. The van der Waals surface area contributed by atoms with Crippen molar-refractivity contribution in [2.45, 2.75) is 40.0 Å². The van der Waals surface area contributed by atoms with Gasteiger partial charge < -0.3 is 5.11 Å². The summed E-state index contributed by atoms with van der Waals surface area (Å²) >= 11 is 0. The van der Waals surface area contributed by atoms with Crippen LogP contribution in [-0.2, 0) is 10.2 Å². The average Bonchev–Trinajstić information content (AvgIpc) is 2.24. The molecule has 0 spiro atoms. The fraction of sp³-hybridized carbons (Fsp3) is 1.00. The smallest absolute Gasteiger partial charge is 0.276 e. The Morgan fingerprint density at radius 2 is 1.71 bits per heavy atom. The number of aliphatic hydroxyl groups is 1. The van der Waals surface area contributed by atoms with E-state index in [2.05, 4.69) is 16.4 Å². The highest BCUT2D eigenvalue weighted by Crippen LogP contribution is 2.09. The van der Waals surface area contributed by atoms with Crippen molar-refractivity contribution in [1.29, 1.82) is 0 Å². The minimum atomic E-state index is -3.39. The Kier molecular flexibility index (Phi) is 8.77. The second-order valence-corrected chi connectivity index (χ2v) is 6.35. The van der Waals surface area contributed by atoms with E-state index >= 15 is 0 Å². The van der Waals surface area contributed by atoms with Gasteiger partial charge in [-0.2, -0.15) is 8.42 Å². The molecule has 5 nitrogen and oxygen atoms in total. The van der Waals surface area contributed by atoms with E-state index in [4.69, 9.17) is 5.11 Å². The summed E-state index contributed by atoms with van der Waals surface area (Å²) in [5.74, 6) is 0.496. The lowest BCUT2D eigenvalue weighted by molar-refractivity contribution is 0.251. The maximum absolute atomic E-state index is 11.6. The van der Waals surface area contributed by atoms with Crippen LogP contribution >= 0.6 is 0 Å². The zero-order valence-corrected chi connectivity index (χ0v) is 11.9. The standard InChI is InChI=1S/C11H26N2O3S/c1-4-5-11(6-7-14)9-13-17(15,16)12-8-10(2)3/h10-14H,4-9H2,1-3H3. The van der Waals surface area contributed by atoms with Gasteiger partial charge in [0.05, 0.1) is 0 Å². The van der Waals surface area contributed by atoms with Gasteiger partial charge in [-0.3, -0.25) is 0 Å². The molecule has 0 fully saturated rings. The summed E-state index contributed by atoms with van der Waals surface area (Å²) in [6, 6.07) is 0. The molecule has 0 aromatic carbocycles. The van der Waals surface area contributed by atoms with Gasteiger partial charge in [0, 0.05) is 19.7 Å². The van der Waals surface area contributed by atoms with Gasteiger partial charge in [0.15, 0.2) is 0 Å². The zero-order valence-electron chi connectivity index (χ0n) is 11.1. The van der Waals surface area contributed by atoms with E-state index in [-0.39, 0.29) is 18.4 Å². The van der Waals surface area contributed by atoms with Gasteiger partial charge in [-0.05, 0) is 24.7 Å². The normalized spacial score (nSPS) is 14.2. The number of rotatable bonds is 10. The van der Waals surface area contributed by atoms with Crippen LogP contribution in [0, 0.1) is 11.8 Å². The Hall–Kier alpha value is -0.170. The summed E-state index contributed by atoms with van der Waals surface area (Å²) in [6.45, 7) is 6.89. The van der Waals surface area contributed by atoms with Crippen LogP contribution in [0.15, 0.2) is 0 Å². The van der Waals surface area contributed by atoms with Gasteiger partial charge in [0.25, 0.3) is 10.2 Å². The van der Waals surface area contributed by atoms with Crippen LogP contribution in [0.1, 0.15) is 40.0 Å². The van der Waals surface area contributed by atoms with Crippen LogP contribution in [0.4, 0.5) is 0 Å². The monoisotopic (exact) mass is 266 g/mol. The van der Waals surface area contributed by atoms with E-state index in [1.807, 2.05) is 13.8 Å². The van der Waals surface area contributed by atoms with E-state index < -0.39 is 10.2 Å². The van der Waals surface area contributed by atoms with Gasteiger partial charge in [-0.1, -0.05) is 27.2 Å². The molecule has 1 unspecified atom stereocenters. The summed E-state index contributed by atoms with van der Waals surface area (Å²) in [6.07, 6.45) is 2.56. The van der Waals surface area contributed by atoms with Gasteiger partial charge in [0.1, 0.15) is 0 Å². The SMILES string of the molecule is CCCC(CCO)CNS(=O)(=O)NCC(C)C. The molecule has 6 heteroatoms. The number of hydrogen-bond acceptors (Lipinski definition) is 3. The molecule has 0 radical (unpaired) electrons. The topological polar surface area (TPSA) is 78.4 Å². The minimum absolute atomic E-state index is 0.103. The molecular formula is C11H26N2O3S. The van der Waals surface area contributed by atoms with E-state index in [1.165, 1.54) is 0 Å². The molecule has 0 saturated heterocycles. The fourth-order valence-corrected chi connectivity index (χ4v) is 2.60.